The van der Waals surface area contributed by atoms with Crippen molar-refractivity contribution in [3.63, 3.8) is 0 Å². The first-order valence-corrected chi connectivity index (χ1v) is 11.8. The Morgan fingerprint density at radius 1 is 1.08 bits per heavy atom. The Bertz CT molecular complexity index is 1510. The highest BCUT2D eigenvalue weighted by Gasteiger charge is 2.23. The number of rotatable bonds is 8. The quantitative estimate of drug-likeness (QED) is 0.370. The van der Waals surface area contributed by atoms with Crippen LogP contribution in [0.25, 0.3) is 17.0 Å². The predicted molar refractivity (Wildman–Crippen MR) is 144 cm³/mol. The molecule has 0 saturated heterocycles. The Hall–Kier alpha value is -4.46. The number of hydrogen-bond acceptors (Lipinski definition) is 5. The van der Waals surface area contributed by atoms with Gasteiger partial charge in [-0.2, -0.15) is 0 Å². The van der Waals surface area contributed by atoms with E-state index in [2.05, 4.69) is 9.97 Å². The Morgan fingerprint density at radius 3 is 2.58 bits per heavy atom. The van der Waals surface area contributed by atoms with Gasteiger partial charge in [-0.1, -0.05) is 68.4 Å². The molecule has 0 saturated carbocycles. The number of aromatic nitrogens is 3. The topological polar surface area (TPSA) is 114 Å². The summed E-state index contributed by atoms with van der Waals surface area (Å²) in [5, 5.41) is 0.956. The number of anilines is 2. The van der Waals surface area contributed by atoms with Crippen molar-refractivity contribution in [2.45, 2.75) is 26.8 Å². The number of nitrogens with zero attached hydrogens (tertiary/aromatic N) is 3. The van der Waals surface area contributed by atoms with Crippen molar-refractivity contribution in [2.75, 3.05) is 17.2 Å². The number of para-hydroxylation sites is 1. The van der Waals surface area contributed by atoms with Gasteiger partial charge in [-0.15, -0.1) is 0 Å². The lowest BCUT2D eigenvalue weighted by atomic mass is 10.1. The standard InChI is InChI=1S/C28H29N5O3/c1-19(2)15-17-32(23(34)14-13-22-11-6-10-21-12-7-16-30-24(21)22)25-26(29)33(28(36)31-27(25)35)18-20-8-4-3-5-9-20/h3-14,16,19H,15,17-18,29H2,1-2H3,(H,31,35,36)/b14-13+. The molecule has 0 bridgehead atoms. The molecule has 0 atom stereocenters. The van der Waals surface area contributed by atoms with Gasteiger partial charge < -0.3 is 10.6 Å². The summed E-state index contributed by atoms with van der Waals surface area (Å²) in [6.07, 6.45) is 5.44. The highest BCUT2D eigenvalue weighted by atomic mass is 16.2. The molecule has 0 aliphatic rings. The summed E-state index contributed by atoms with van der Waals surface area (Å²) in [6, 6.07) is 18.8. The van der Waals surface area contributed by atoms with Gasteiger partial charge in [0.1, 0.15) is 5.82 Å². The minimum absolute atomic E-state index is 0.0307. The van der Waals surface area contributed by atoms with Gasteiger partial charge in [-0.3, -0.25) is 24.1 Å². The van der Waals surface area contributed by atoms with Crippen LogP contribution in [-0.4, -0.2) is 27.0 Å². The summed E-state index contributed by atoms with van der Waals surface area (Å²) in [4.78, 5) is 47.1. The number of benzene rings is 2. The van der Waals surface area contributed by atoms with E-state index in [1.54, 1.807) is 12.3 Å². The second-order valence-corrected chi connectivity index (χ2v) is 8.99. The molecule has 2 aromatic heterocycles. The molecule has 0 spiro atoms. The van der Waals surface area contributed by atoms with Crippen LogP contribution in [0.3, 0.4) is 0 Å². The van der Waals surface area contributed by atoms with Gasteiger partial charge in [0.15, 0.2) is 5.69 Å². The summed E-state index contributed by atoms with van der Waals surface area (Å²) in [7, 11) is 0. The van der Waals surface area contributed by atoms with E-state index in [0.29, 0.717) is 6.42 Å². The number of pyridine rings is 1. The summed E-state index contributed by atoms with van der Waals surface area (Å²) < 4.78 is 1.28. The van der Waals surface area contributed by atoms with Crippen LogP contribution in [0.15, 0.2) is 82.5 Å². The first-order valence-electron chi connectivity index (χ1n) is 11.8. The van der Waals surface area contributed by atoms with E-state index < -0.39 is 17.2 Å². The van der Waals surface area contributed by atoms with Crippen molar-refractivity contribution in [2.24, 2.45) is 5.92 Å². The highest BCUT2D eigenvalue weighted by molar-refractivity contribution is 6.06. The SMILES string of the molecule is CC(C)CCN(C(=O)/C=C/c1cccc2cccnc12)c1c(N)n(Cc2ccccc2)c(=O)[nH]c1=O. The largest absolute Gasteiger partial charge is 0.383 e. The Balaban J connectivity index is 1.74. The predicted octanol–water partition coefficient (Wildman–Crippen LogP) is 3.81. The molecule has 36 heavy (non-hydrogen) atoms. The number of amides is 1. The van der Waals surface area contributed by atoms with E-state index in [4.69, 9.17) is 5.73 Å². The molecule has 0 aliphatic carbocycles. The van der Waals surface area contributed by atoms with E-state index in [0.717, 1.165) is 22.0 Å². The summed E-state index contributed by atoms with van der Waals surface area (Å²) in [5.41, 5.74) is 7.41. The number of nitrogen functional groups attached to an aromatic ring is 1. The van der Waals surface area contributed by atoms with Gasteiger partial charge in [0.25, 0.3) is 11.5 Å². The number of carbonyl (C=O) groups excluding carboxylic acids is 1. The van der Waals surface area contributed by atoms with Crippen LogP contribution in [0.5, 0.6) is 0 Å². The van der Waals surface area contributed by atoms with Crippen LogP contribution in [0.1, 0.15) is 31.4 Å². The molecule has 8 heteroatoms. The third kappa shape index (κ3) is 5.43. The minimum Gasteiger partial charge on any atom is -0.383 e. The second-order valence-electron chi connectivity index (χ2n) is 8.99. The van der Waals surface area contributed by atoms with Crippen LogP contribution in [0.2, 0.25) is 0 Å². The van der Waals surface area contributed by atoms with Crippen molar-refractivity contribution in [3.8, 4) is 0 Å². The number of nitrogens with one attached hydrogen (secondary N) is 1. The average molecular weight is 484 g/mol. The minimum atomic E-state index is -0.695. The molecule has 1 amide bonds. The number of H-pyrrole nitrogens is 1. The molecule has 2 aromatic carbocycles. The third-order valence-corrected chi connectivity index (χ3v) is 5.93. The Morgan fingerprint density at radius 2 is 1.83 bits per heavy atom. The molecule has 8 nitrogen and oxygen atoms in total. The van der Waals surface area contributed by atoms with Crippen molar-refractivity contribution in [3.05, 3.63) is 105 Å². The monoisotopic (exact) mass is 483 g/mol. The fraction of sp³-hybridized carbons (Fsp3) is 0.214. The van der Waals surface area contributed by atoms with Crippen LogP contribution < -0.4 is 21.9 Å². The zero-order chi connectivity index (χ0) is 25.7. The number of nitrogens with two attached hydrogens (primary N) is 1. The van der Waals surface area contributed by atoms with Gasteiger partial charge in [0.2, 0.25) is 0 Å². The molecule has 184 valence electrons. The maximum Gasteiger partial charge on any atom is 0.330 e. The fourth-order valence-electron chi connectivity index (χ4n) is 3.99. The number of carbonyl (C=O) groups is 1. The summed E-state index contributed by atoms with van der Waals surface area (Å²) in [6.45, 7) is 4.50. The van der Waals surface area contributed by atoms with Crippen molar-refractivity contribution in [1.82, 2.24) is 14.5 Å². The molecule has 0 radical (unpaired) electrons. The molecular weight excluding hydrogens is 454 g/mol. The molecule has 2 heterocycles. The second kappa shape index (κ2) is 10.9. The first kappa shape index (κ1) is 24.7. The molecule has 3 N–H and O–H groups in total. The fourth-order valence-corrected chi connectivity index (χ4v) is 3.99. The Kier molecular flexibility index (Phi) is 7.44. The van der Waals surface area contributed by atoms with E-state index in [-0.39, 0.29) is 30.5 Å². The Labute approximate surface area is 208 Å². The average Bonchev–Trinajstić information content (AvgIpc) is 2.87. The lowest BCUT2D eigenvalue weighted by molar-refractivity contribution is -0.114. The molecule has 0 unspecified atom stereocenters. The zero-order valence-corrected chi connectivity index (χ0v) is 20.3. The molecular formula is C28H29N5O3. The summed E-state index contributed by atoms with van der Waals surface area (Å²) in [5.74, 6) is -0.183. The van der Waals surface area contributed by atoms with Crippen LogP contribution in [-0.2, 0) is 11.3 Å². The van der Waals surface area contributed by atoms with Crippen LogP contribution in [0.4, 0.5) is 11.5 Å². The first-order chi connectivity index (χ1) is 17.3. The normalized spacial score (nSPS) is 11.4. The van der Waals surface area contributed by atoms with Crippen molar-refractivity contribution < 1.29 is 4.79 Å². The van der Waals surface area contributed by atoms with Crippen LogP contribution in [0, 0.1) is 5.92 Å². The van der Waals surface area contributed by atoms with Crippen molar-refractivity contribution >= 4 is 34.4 Å². The van der Waals surface area contributed by atoms with E-state index in [1.807, 2.05) is 74.5 Å². The van der Waals surface area contributed by atoms with E-state index in [9.17, 15) is 14.4 Å². The lowest BCUT2D eigenvalue weighted by Crippen LogP contribution is -2.41. The maximum atomic E-state index is 13.4. The zero-order valence-electron chi connectivity index (χ0n) is 20.3. The molecule has 0 fully saturated rings. The lowest BCUT2D eigenvalue weighted by Gasteiger charge is -2.24. The van der Waals surface area contributed by atoms with Gasteiger partial charge in [0, 0.05) is 29.8 Å². The van der Waals surface area contributed by atoms with Crippen LogP contribution >= 0.6 is 0 Å². The smallest absolute Gasteiger partial charge is 0.330 e. The highest BCUT2D eigenvalue weighted by Crippen LogP contribution is 2.21. The third-order valence-electron chi connectivity index (χ3n) is 5.93. The van der Waals surface area contributed by atoms with Gasteiger partial charge in [-0.05, 0) is 30.0 Å². The molecule has 4 rings (SSSR count). The molecule has 4 aromatic rings. The van der Waals surface area contributed by atoms with Gasteiger partial charge in [0.05, 0.1) is 12.1 Å². The van der Waals surface area contributed by atoms with E-state index in [1.165, 1.54) is 15.5 Å². The summed E-state index contributed by atoms with van der Waals surface area (Å²) >= 11 is 0. The maximum absolute atomic E-state index is 13.4. The number of fused-ring (bicyclic) bond motifs is 1. The van der Waals surface area contributed by atoms with Gasteiger partial charge >= 0.3 is 5.69 Å². The van der Waals surface area contributed by atoms with Crippen molar-refractivity contribution in [1.29, 1.82) is 0 Å². The number of hydrogen-bond donors (Lipinski definition) is 2. The van der Waals surface area contributed by atoms with Gasteiger partial charge in [-0.25, -0.2) is 4.79 Å². The molecule has 0 aliphatic heterocycles. The van der Waals surface area contributed by atoms with E-state index >= 15 is 0 Å². The number of aromatic amines is 1.